The Morgan fingerprint density at radius 2 is 1.26 bits per heavy atom. The summed E-state index contributed by atoms with van der Waals surface area (Å²) < 4.78 is 12.3. The third-order valence-electron chi connectivity index (χ3n) is 8.22. The van der Waals surface area contributed by atoms with Crippen LogP contribution < -0.4 is 4.90 Å². The molecule has 7 rings (SSSR count). The van der Waals surface area contributed by atoms with Crippen LogP contribution in [0.3, 0.4) is 0 Å². The zero-order valence-corrected chi connectivity index (χ0v) is 29.4. The van der Waals surface area contributed by atoms with Gasteiger partial charge in [0.2, 0.25) is 0 Å². The van der Waals surface area contributed by atoms with Gasteiger partial charge in [-0.05, 0) is 59.7 Å². The maximum atomic E-state index is 5.33. The van der Waals surface area contributed by atoms with Crippen molar-refractivity contribution in [2.45, 2.75) is 47.0 Å². The van der Waals surface area contributed by atoms with Crippen molar-refractivity contribution in [3.05, 3.63) is 76.9 Å². The van der Waals surface area contributed by atoms with E-state index in [1.165, 1.54) is 37.9 Å². The molecule has 4 aromatic heterocycles. The summed E-state index contributed by atoms with van der Waals surface area (Å²) >= 11 is 4.79. The molecule has 0 atom stereocenters. The van der Waals surface area contributed by atoms with E-state index in [0.717, 1.165) is 79.2 Å². The van der Waals surface area contributed by atoms with Crippen LogP contribution >= 0.6 is 34.4 Å². The molecule has 0 aliphatic rings. The molecule has 230 valence electrons. The first kappa shape index (κ1) is 30.5. The molecule has 0 spiro atoms. The zero-order chi connectivity index (χ0) is 31.9. The van der Waals surface area contributed by atoms with E-state index in [1.807, 2.05) is 0 Å². The number of aromatic nitrogens is 4. The minimum Gasteiger partial charge on any atom is -0.378 e. The van der Waals surface area contributed by atoms with Crippen LogP contribution in [-0.2, 0) is 12.8 Å². The second-order valence-corrected chi connectivity index (χ2v) is 14.8. The Balaban J connectivity index is 1.39. The molecule has 0 aliphatic carbocycles. The molecule has 0 saturated heterocycles. The Hall–Kier alpha value is -4.16. The number of anilines is 1. The Bertz CT molecular complexity index is 2230. The van der Waals surface area contributed by atoms with Crippen LogP contribution in [0.1, 0.15) is 50.4 Å². The quantitative estimate of drug-likeness (QED) is 0.160. The van der Waals surface area contributed by atoms with Crippen molar-refractivity contribution >= 4 is 71.6 Å². The van der Waals surface area contributed by atoms with Gasteiger partial charge >= 0.3 is 0 Å². The van der Waals surface area contributed by atoms with E-state index < -0.39 is 0 Å². The van der Waals surface area contributed by atoms with Crippen LogP contribution in [0.25, 0.3) is 64.2 Å². The van der Waals surface area contributed by atoms with Gasteiger partial charge in [-0.2, -0.15) is 8.75 Å². The highest BCUT2D eigenvalue weighted by molar-refractivity contribution is 7.29. The van der Waals surface area contributed by atoms with Crippen molar-refractivity contribution in [3.8, 4) is 44.5 Å². The number of rotatable bonds is 7. The molecule has 0 aliphatic heterocycles. The lowest BCUT2D eigenvalue weighted by Gasteiger charge is -2.15. The van der Waals surface area contributed by atoms with Crippen molar-refractivity contribution in [2.75, 3.05) is 19.0 Å². The Kier molecular flexibility index (Phi) is 8.33. The molecular weight excluding hydrogens is 623 g/mol. The van der Waals surface area contributed by atoms with Crippen LogP contribution in [0.2, 0.25) is 0 Å². The molecule has 8 heteroatoms. The molecule has 5 nitrogen and oxygen atoms in total. The standard InChI is InChI=1S/C38H35N5S3/c1-7-28-29(8-2)40-36-34(32-21-31-30(45-32)20-27(44-31)11-9-10-22(3)4)38-37(41-46-42-38)33(35(36)39-28)25-14-12-23(13-15-25)24-16-18-26(19-17-24)43(5)6/h12-22H,7-8,10H2,1-6H3. The highest BCUT2D eigenvalue weighted by Crippen LogP contribution is 2.46. The first-order chi connectivity index (χ1) is 22.3. The van der Waals surface area contributed by atoms with Gasteiger partial charge in [0.15, 0.2) is 0 Å². The zero-order valence-electron chi connectivity index (χ0n) is 26.9. The Morgan fingerprint density at radius 3 is 1.85 bits per heavy atom. The van der Waals surface area contributed by atoms with Gasteiger partial charge in [-0.25, -0.2) is 9.97 Å². The molecule has 0 unspecified atom stereocenters. The second-order valence-electron chi connectivity index (χ2n) is 12.1. The molecule has 4 heterocycles. The molecule has 0 amide bonds. The molecule has 0 N–H and O–H groups in total. The number of nitrogens with zero attached hydrogens (tertiary/aromatic N) is 5. The van der Waals surface area contributed by atoms with Crippen molar-refractivity contribution in [3.63, 3.8) is 0 Å². The number of thiophene rings is 2. The van der Waals surface area contributed by atoms with Crippen molar-refractivity contribution < 1.29 is 0 Å². The normalized spacial score (nSPS) is 11.5. The van der Waals surface area contributed by atoms with Gasteiger partial charge in [-0.3, -0.25) is 0 Å². The fraction of sp³-hybridized carbons (Fsp3) is 0.263. The van der Waals surface area contributed by atoms with E-state index in [2.05, 4.69) is 119 Å². The van der Waals surface area contributed by atoms with E-state index in [9.17, 15) is 0 Å². The van der Waals surface area contributed by atoms with E-state index in [4.69, 9.17) is 18.7 Å². The highest BCUT2D eigenvalue weighted by atomic mass is 32.1. The topological polar surface area (TPSA) is 54.8 Å². The van der Waals surface area contributed by atoms with Gasteiger partial charge < -0.3 is 4.90 Å². The largest absolute Gasteiger partial charge is 0.378 e. The van der Waals surface area contributed by atoms with Crippen molar-refractivity contribution in [1.29, 1.82) is 0 Å². The average molecular weight is 658 g/mol. The summed E-state index contributed by atoms with van der Waals surface area (Å²) in [5.41, 5.74) is 12.3. The van der Waals surface area contributed by atoms with Gasteiger partial charge in [0.1, 0.15) is 16.6 Å². The SMILES string of the molecule is CCc1nc2c(-c3ccc(-c4ccc(N(C)C)cc4)cc3)c3nsnc3c(-c3cc4sc(C#CCC(C)C)cc4s3)c2nc1CC. The fourth-order valence-corrected chi connectivity index (χ4v) is 8.69. The highest BCUT2D eigenvalue weighted by Gasteiger charge is 2.25. The van der Waals surface area contributed by atoms with Crippen molar-refractivity contribution in [2.24, 2.45) is 5.92 Å². The summed E-state index contributed by atoms with van der Waals surface area (Å²) in [5.74, 6) is 7.28. The minimum absolute atomic E-state index is 0.575. The van der Waals surface area contributed by atoms with Crippen LogP contribution in [0.5, 0.6) is 0 Å². The molecule has 0 fully saturated rings. The van der Waals surface area contributed by atoms with E-state index in [0.29, 0.717) is 5.92 Å². The van der Waals surface area contributed by atoms with Gasteiger partial charge in [0, 0.05) is 51.6 Å². The third-order valence-corrected chi connectivity index (χ3v) is 11.0. The summed E-state index contributed by atoms with van der Waals surface area (Å²) in [6.45, 7) is 8.72. The van der Waals surface area contributed by atoms with Crippen LogP contribution in [0.4, 0.5) is 5.69 Å². The predicted octanol–water partition coefficient (Wildman–Crippen LogP) is 10.5. The Labute approximate surface area is 282 Å². The molecule has 46 heavy (non-hydrogen) atoms. The van der Waals surface area contributed by atoms with Gasteiger partial charge in [0.05, 0.1) is 33.5 Å². The number of hydrogen-bond donors (Lipinski definition) is 0. The fourth-order valence-electron chi connectivity index (χ4n) is 5.81. The maximum absolute atomic E-state index is 5.33. The van der Waals surface area contributed by atoms with Crippen LogP contribution in [-0.4, -0.2) is 32.8 Å². The van der Waals surface area contributed by atoms with Gasteiger partial charge in [0.25, 0.3) is 0 Å². The van der Waals surface area contributed by atoms with E-state index >= 15 is 0 Å². The molecular formula is C38H35N5S3. The first-order valence-electron chi connectivity index (χ1n) is 15.7. The molecule has 3 aromatic carbocycles. The van der Waals surface area contributed by atoms with E-state index in [-0.39, 0.29) is 0 Å². The minimum atomic E-state index is 0.575. The van der Waals surface area contributed by atoms with Gasteiger partial charge in [-0.15, -0.1) is 22.7 Å². The number of hydrogen-bond acceptors (Lipinski definition) is 8. The first-order valence-corrected chi connectivity index (χ1v) is 18.1. The lowest BCUT2D eigenvalue weighted by atomic mass is 9.95. The van der Waals surface area contributed by atoms with E-state index in [1.54, 1.807) is 22.7 Å². The molecule has 0 radical (unpaired) electrons. The lowest BCUT2D eigenvalue weighted by Crippen LogP contribution is -2.07. The Morgan fingerprint density at radius 1 is 0.696 bits per heavy atom. The van der Waals surface area contributed by atoms with Crippen molar-refractivity contribution in [1.82, 2.24) is 18.7 Å². The van der Waals surface area contributed by atoms with Gasteiger partial charge in [-0.1, -0.05) is 75.9 Å². The summed E-state index contributed by atoms with van der Waals surface area (Å²) in [7, 11) is 4.12. The number of aryl methyl sites for hydroxylation is 2. The number of benzene rings is 3. The van der Waals surface area contributed by atoms with Crippen LogP contribution in [0.15, 0.2) is 60.7 Å². The monoisotopic (exact) mass is 657 g/mol. The average Bonchev–Trinajstić information content (AvgIpc) is 3.79. The molecule has 0 saturated carbocycles. The van der Waals surface area contributed by atoms with Crippen LogP contribution in [0, 0.1) is 17.8 Å². The predicted molar refractivity (Wildman–Crippen MR) is 199 cm³/mol. The smallest absolute Gasteiger partial charge is 0.116 e. The third kappa shape index (κ3) is 5.57. The summed E-state index contributed by atoms with van der Waals surface area (Å²) in [4.78, 5) is 15.0. The molecule has 7 aromatic rings. The summed E-state index contributed by atoms with van der Waals surface area (Å²) in [5, 5.41) is 0. The second kappa shape index (κ2) is 12.6. The molecule has 0 bridgehead atoms. The maximum Gasteiger partial charge on any atom is 0.116 e. The summed E-state index contributed by atoms with van der Waals surface area (Å²) in [6.07, 6.45) is 2.56. The summed E-state index contributed by atoms with van der Waals surface area (Å²) in [6, 6.07) is 21.9. The number of fused-ring (bicyclic) bond motifs is 3. The lowest BCUT2D eigenvalue weighted by molar-refractivity contribution is 0.676.